The summed E-state index contributed by atoms with van der Waals surface area (Å²) >= 11 is 0. The lowest BCUT2D eigenvalue weighted by Gasteiger charge is -2.39. The van der Waals surface area contributed by atoms with E-state index < -0.39 is 0 Å². The summed E-state index contributed by atoms with van der Waals surface area (Å²) in [6.45, 7) is 4.25. The van der Waals surface area contributed by atoms with Gasteiger partial charge in [-0.3, -0.25) is 0 Å². The maximum Gasteiger partial charge on any atom is 0.123 e. The Balaban J connectivity index is 0.000000386. The van der Waals surface area contributed by atoms with Crippen molar-refractivity contribution in [2.45, 2.75) is 64.9 Å². The van der Waals surface area contributed by atoms with Gasteiger partial charge in [0.05, 0.1) is 6.10 Å². The van der Waals surface area contributed by atoms with Crippen molar-refractivity contribution < 1.29 is 9.90 Å². The highest BCUT2D eigenvalue weighted by molar-refractivity contribution is 5.53. The van der Waals surface area contributed by atoms with Gasteiger partial charge < -0.3 is 9.90 Å². The molecule has 2 aliphatic carbocycles. The molecule has 0 radical (unpaired) electrons. The number of carbonyl (C=O) groups excluding carboxylic acids is 1. The van der Waals surface area contributed by atoms with Crippen LogP contribution in [0.5, 0.6) is 0 Å². The number of aliphatic hydroxyl groups is 1. The first-order valence-electron chi connectivity index (χ1n) is 6.84. The van der Waals surface area contributed by atoms with E-state index in [4.69, 9.17) is 0 Å². The summed E-state index contributed by atoms with van der Waals surface area (Å²) in [6.07, 6.45) is 8.68. The maximum absolute atomic E-state index is 10.6. The Kier molecular flexibility index (Phi) is 6.04. The predicted molar refractivity (Wildman–Crippen MR) is 66.2 cm³/mol. The molecule has 0 aromatic rings. The van der Waals surface area contributed by atoms with Gasteiger partial charge in [0.2, 0.25) is 0 Å². The summed E-state index contributed by atoms with van der Waals surface area (Å²) in [5.74, 6) is 1.75. The average Bonchev–Trinajstić information content (AvgIpc) is 2.29. The highest BCUT2D eigenvalue weighted by Gasteiger charge is 2.34. The molecular formula is C14H26O2. The lowest BCUT2D eigenvalue weighted by molar-refractivity contribution is -0.113. The monoisotopic (exact) mass is 226 g/mol. The fourth-order valence-electron chi connectivity index (χ4n) is 3.02. The first-order chi connectivity index (χ1) is 7.71. The van der Waals surface area contributed by atoms with Crippen LogP contribution in [0.1, 0.15) is 58.8 Å². The van der Waals surface area contributed by atoms with Crippen LogP contribution in [0, 0.1) is 17.8 Å². The van der Waals surface area contributed by atoms with Crippen LogP contribution >= 0.6 is 0 Å². The van der Waals surface area contributed by atoms with Crippen molar-refractivity contribution in [1.82, 2.24) is 0 Å². The zero-order valence-corrected chi connectivity index (χ0v) is 10.7. The number of hydrogen-bond donors (Lipinski definition) is 1. The second-order valence-electron chi connectivity index (χ2n) is 5.40. The molecular weight excluding hydrogens is 200 g/mol. The second kappa shape index (κ2) is 7.05. The van der Waals surface area contributed by atoms with E-state index in [1.54, 1.807) is 0 Å². The minimum absolute atomic E-state index is 0.0611. The molecule has 2 fully saturated rings. The molecule has 16 heavy (non-hydrogen) atoms. The molecule has 2 heteroatoms. The minimum Gasteiger partial charge on any atom is -0.393 e. The summed E-state index contributed by atoms with van der Waals surface area (Å²) in [4.78, 5) is 10.6. The van der Waals surface area contributed by atoms with Crippen LogP contribution in [-0.2, 0) is 4.79 Å². The van der Waals surface area contributed by atoms with E-state index in [1.165, 1.54) is 6.42 Å². The van der Waals surface area contributed by atoms with Crippen LogP contribution in [0.2, 0.25) is 0 Å². The van der Waals surface area contributed by atoms with Crippen molar-refractivity contribution in [2.24, 2.45) is 17.8 Å². The third-order valence-corrected chi connectivity index (χ3v) is 3.82. The molecule has 0 aromatic carbocycles. The van der Waals surface area contributed by atoms with Crippen molar-refractivity contribution in [3.8, 4) is 0 Å². The number of hydrogen-bond acceptors (Lipinski definition) is 2. The number of carbonyl (C=O) groups is 1. The fourth-order valence-corrected chi connectivity index (χ4v) is 3.02. The van der Waals surface area contributed by atoms with Gasteiger partial charge in [-0.25, -0.2) is 0 Å². The van der Waals surface area contributed by atoms with Crippen molar-refractivity contribution in [3.63, 3.8) is 0 Å². The summed E-state index contributed by atoms with van der Waals surface area (Å²) in [6, 6.07) is 0. The normalized spacial score (nSPS) is 37.9. The number of aliphatic hydroxyl groups excluding tert-OH is 1. The molecule has 0 amide bonds. The molecule has 2 saturated carbocycles. The van der Waals surface area contributed by atoms with Gasteiger partial charge in [-0.1, -0.05) is 20.3 Å². The summed E-state index contributed by atoms with van der Waals surface area (Å²) in [5, 5.41) is 9.50. The molecule has 0 heterocycles. The van der Waals surface area contributed by atoms with Crippen LogP contribution in [-0.4, -0.2) is 17.5 Å². The average molecular weight is 226 g/mol. The lowest BCUT2D eigenvalue weighted by atomic mass is 9.67. The Morgan fingerprint density at radius 1 is 1.06 bits per heavy atom. The van der Waals surface area contributed by atoms with Crippen molar-refractivity contribution >= 4 is 6.29 Å². The second-order valence-corrected chi connectivity index (χ2v) is 5.40. The molecule has 0 aromatic heterocycles. The highest BCUT2D eigenvalue weighted by atomic mass is 16.3. The highest BCUT2D eigenvalue weighted by Crippen LogP contribution is 2.42. The third-order valence-electron chi connectivity index (χ3n) is 3.82. The SMILES string of the molecule is CCC.O=CC1CCC2CC(O)CCC2C1. The molecule has 0 spiro atoms. The topological polar surface area (TPSA) is 37.3 Å². The van der Waals surface area contributed by atoms with Gasteiger partial charge in [-0.15, -0.1) is 0 Å². The quantitative estimate of drug-likeness (QED) is 0.697. The lowest BCUT2D eigenvalue weighted by Crippen LogP contribution is -2.33. The fraction of sp³-hybridized carbons (Fsp3) is 0.929. The van der Waals surface area contributed by atoms with Crippen molar-refractivity contribution in [2.75, 3.05) is 0 Å². The Hall–Kier alpha value is -0.370. The Labute approximate surface area is 99.4 Å². The predicted octanol–water partition coefficient (Wildman–Crippen LogP) is 3.18. The molecule has 0 aliphatic heterocycles. The van der Waals surface area contributed by atoms with E-state index in [0.717, 1.165) is 50.7 Å². The standard InChI is InChI=1S/C11H18O2.C3H8/c12-7-8-1-2-10-6-11(13)4-3-9(10)5-8;1-3-2/h7-11,13H,1-6H2;3H2,1-2H3. The van der Waals surface area contributed by atoms with Gasteiger partial charge in [0, 0.05) is 5.92 Å². The first kappa shape index (κ1) is 13.7. The smallest absolute Gasteiger partial charge is 0.123 e. The molecule has 2 rings (SSSR count). The third kappa shape index (κ3) is 3.89. The van der Waals surface area contributed by atoms with E-state index in [9.17, 15) is 9.90 Å². The van der Waals surface area contributed by atoms with Crippen LogP contribution in [0.25, 0.3) is 0 Å². The molecule has 1 N–H and O–H groups in total. The van der Waals surface area contributed by atoms with E-state index in [-0.39, 0.29) is 6.10 Å². The zero-order valence-electron chi connectivity index (χ0n) is 10.7. The zero-order chi connectivity index (χ0) is 12.0. The van der Waals surface area contributed by atoms with Crippen LogP contribution < -0.4 is 0 Å². The summed E-state index contributed by atoms with van der Waals surface area (Å²) < 4.78 is 0. The number of aldehydes is 1. The van der Waals surface area contributed by atoms with E-state index in [2.05, 4.69) is 13.8 Å². The summed E-state index contributed by atoms with van der Waals surface area (Å²) in [7, 11) is 0. The minimum atomic E-state index is -0.0611. The van der Waals surface area contributed by atoms with Crippen LogP contribution in [0.3, 0.4) is 0 Å². The van der Waals surface area contributed by atoms with Gasteiger partial charge in [-0.05, 0) is 50.4 Å². The summed E-state index contributed by atoms with van der Waals surface area (Å²) in [5.41, 5.74) is 0. The van der Waals surface area contributed by atoms with Crippen molar-refractivity contribution in [1.29, 1.82) is 0 Å². The molecule has 94 valence electrons. The van der Waals surface area contributed by atoms with Crippen LogP contribution in [0.15, 0.2) is 0 Å². The van der Waals surface area contributed by atoms with Crippen molar-refractivity contribution in [3.05, 3.63) is 0 Å². The Bertz CT molecular complexity index is 203. The molecule has 2 nitrogen and oxygen atoms in total. The Morgan fingerprint density at radius 3 is 2.25 bits per heavy atom. The molecule has 4 unspecified atom stereocenters. The molecule has 2 aliphatic rings. The number of rotatable bonds is 1. The van der Waals surface area contributed by atoms with E-state index >= 15 is 0 Å². The van der Waals surface area contributed by atoms with E-state index in [1.807, 2.05) is 0 Å². The first-order valence-corrected chi connectivity index (χ1v) is 6.84. The van der Waals surface area contributed by atoms with Gasteiger partial charge in [0.1, 0.15) is 6.29 Å². The van der Waals surface area contributed by atoms with Gasteiger partial charge in [-0.2, -0.15) is 0 Å². The van der Waals surface area contributed by atoms with Gasteiger partial charge in [0.25, 0.3) is 0 Å². The Morgan fingerprint density at radius 2 is 1.62 bits per heavy atom. The largest absolute Gasteiger partial charge is 0.393 e. The maximum atomic E-state index is 10.6. The molecule has 0 saturated heterocycles. The molecule has 4 atom stereocenters. The van der Waals surface area contributed by atoms with Gasteiger partial charge >= 0.3 is 0 Å². The number of fused-ring (bicyclic) bond motifs is 1. The van der Waals surface area contributed by atoms with Crippen LogP contribution in [0.4, 0.5) is 0 Å². The van der Waals surface area contributed by atoms with Gasteiger partial charge in [0.15, 0.2) is 0 Å². The molecule has 0 bridgehead atoms. The van der Waals surface area contributed by atoms with E-state index in [0.29, 0.717) is 11.8 Å².